The van der Waals surface area contributed by atoms with Crippen molar-refractivity contribution in [3.8, 4) is 0 Å². The van der Waals surface area contributed by atoms with Gasteiger partial charge in [0.25, 0.3) is 0 Å². The Kier molecular flexibility index (Phi) is 3.44. The van der Waals surface area contributed by atoms with E-state index in [9.17, 15) is 0 Å². The molecule has 2 aromatic carbocycles. The lowest BCUT2D eigenvalue weighted by atomic mass is 9.95. The van der Waals surface area contributed by atoms with Gasteiger partial charge in [0.2, 0.25) is 0 Å². The van der Waals surface area contributed by atoms with Crippen LogP contribution in [0.3, 0.4) is 0 Å². The monoisotopic (exact) mass is 237 g/mol. The van der Waals surface area contributed by atoms with Crippen molar-refractivity contribution in [2.75, 3.05) is 0 Å². The van der Waals surface area contributed by atoms with Crippen LogP contribution in [-0.4, -0.2) is 7.69 Å². The molecule has 18 heavy (non-hydrogen) atoms. The molecule has 1 saturated heterocycles. The zero-order chi connectivity index (χ0) is 12.2. The van der Waals surface area contributed by atoms with E-state index in [4.69, 9.17) is 9.31 Å². The van der Waals surface area contributed by atoms with Crippen molar-refractivity contribution in [1.82, 2.24) is 0 Å². The first-order valence-corrected chi connectivity index (χ1v) is 6.16. The summed E-state index contributed by atoms with van der Waals surface area (Å²) >= 11 is 0. The molecule has 3 rings (SSSR count). The third-order valence-corrected chi connectivity index (χ3v) is 3.21. The van der Waals surface area contributed by atoms with Gasteiger partial charge in [0, 0.05) is 6.42 Å². The van der Waals surface area contributed by atoms with Gasteiger partial charge in [-0.1, -0.05) is 60.7 Å². The van der Waals surface area contributed by atoms with Gasteiger partial charge in [-0.05, 0) is 11.1 Å². The van der Waals surface area contributed by atoms with Crippen LogP contribution in [0.4, 0.5) is 0 Å². The first kappa shape index (κ1) is 11.5. The van der Waals surface area contributed by atoms with E-state index >= 15 is 0 Å². The summed E-state index contributed by atoms with van der Waals surface area (Å²) in [7, 11) is 1.47. The van der Waals surface area contributed by atoms with Crippen molar-refractivity contribution in [2.24, 2.45) is 0 Å². The summed E-state index contributed by atoms with van der Waals surface area (Å²) in [6.07, 6.45) is 0.986. The van der Waals surface area contributed by atoms with E-state index in [1.807, 2.05) is 36.4 Å². The standard InChI is InChI=1S/C15H14BO2/c1-3-7-12(8-4-1)14-11-15(18-16-17-14)13-9-5-2-6-10-13/h1-10,14-15H,11H2. The topological polar surface area (TPSA) is 18.5 Å². The molecular formula is C15H14BO2. The van der Waals surface area contributed by atoms with Gasteiger partial charge in [0.05, 0.1) is 12.2 Å². The third-order valence-electron chi connectivity index (χ3n) is 3.21. The molecule has 2 nitrogen and oxygen atoms in total. The van der Waals surface area contributed by atoms with E-state index in [1.54, 1.807) is 0 Å². The lowest BCUT2D eigenvalue weighted by molar-refractivity contribution is 0.0306. The highest BCUT2D eigenvalue weighted by atomic mass is 16.6. The van der Waals surface area contributed by atoms with Crippen molar-refractivity contribution >= 4 is 7.69 Å². The number of rotatable bonds is 2. The van der Waals surface area contributed by atoms with E-state index in [1.165, 1.54) is 18.8 Å². The van der Waals surface area contributed by atoms with Gasteiger partial charge in [0.15, 0.2) is 0 Å². The van der Waals surface area contributed by atoms with Crippen molar-refractivity contribution < 1.29 is 9.31 Å². The van der Waals surface area contributed by atoms with Crippen molar-refractivity contribution in [2.45, 2.75) is 18.6 Å². The Balaban J connectivity index is 1.77. The van der Waals surface area contributed by atoms with E-state index < -0.39 is 0 Å². The Hall–Kier alpha value is -1.58. The largest absolute Gasteiger partial charge is 0.488 e. The lowest BCUT2D eigenvalue weighted by Gasteiger charge is -2.30. The van der Waals surface area contributed by atoms with Gasteiger partial charge in [-0.3, -0.25) is 0 Å². The quantitative estimate of drug-likeness (QED) is 0.745. The van der Waals surface area contributed by atoms with Crippen LogP contribution in [0, 0.1) is 0 Å². The van der Waals surface area contributed by atoms with E-state index in [0.29, 0.717) is 0 Å². The zero-order valence-corrected chi connectivity index (χ0v) is 10.0. The average molecular weight is 237 g/mol. The van der Waals surface area contributed by atoms with Crippen LogP contribution >= 0.6 is 0 Å². The van der Waals surface area contributed by atoms with Gasteiger partial charge < -0.3 is 9.31 Å². The molecule has 1 heterocycles. The normalized spacial score (nSPS) is 23.3. The molecule has 1 aliphatic heterocycles. The van der Waals surface area contributed by atoms with Crippen LogP contribution in [-0.2, 0) is 9.31 Å². The van der Waals surface area contributed by atoms with Crippen LogP contribution in [0.15, 0.2) is 60.7 Å². The first-order valence-electron chi connectivity index (χ1n) is 6.16. The molecule has 89 valence electrons. The minimum absolute atomic E-state index is 0.0742. The molecule has 2 unspecified atom stereocenters. The highest BCUT2D eigenvalue weighted by Gasteiger charge is 2.26. The lowest BCUT2D eigenvalue weighted by Crippen LogP contribution is -2.23. The Labute approximate surface area is 108 Å². The Morgan fingerprint density at radius 3 is 1.61 bits per heavy atom. The first-order chi connectivity index (χ1) is 8.93. The van der Waals surface area contributed by atoms with Crippen LogP contribution < -0.4 is 0 Å². The van der Waals surface area contributed by atoms with Crippen LogP contribution in [0.1, 0.15) is 29.8 Å². The maximum Gasteiger partial charge on any atom is 0.488 e. The van der Waals surface area contributed by atoms with Crippen LogP contribution in [0.25, 0.3) is 0 Å². The molecule has 3 heteroatoms. The maximum atomic E-state index is 5.57. The summed E-state index contributed by atoms with van der Waals surface area (Å²) in [5.41, 5.74) is 2.39. The number of hydrogen-bond donors (Lipinski definition) is 0. The predicted molar refractivity (Wildman–Crippen MR) is 70.9 cm³/mol. The number of benzene rings is 2. The van der Waals surface area contributed by atoms with Crippen molar-refractivity contribution in [3.63, 3.8) is 0 Å². The predicted octanol–water partition coefficient (Wildman–Crippen LogP) is 3.44. The summed E-state index contributed by atoms with van der Waals surface area (Å²) in [5, 5.41) is 0. The number of hydrogen-bond acceptors (Lipinski definition) is 2. The van der Waals surface area contributed by atoms with Gasteiger partial charge in [-0.15, -0.1) is 0 Å². The SMILES string of the molecule is [B]1OC(c2ccccc2)CC(c2ccccc2)O1. The molecule has 1 radical (unpaired) electrons. The summed E-state index contributed by atoms with van der Waals surface area (Å²) in [5.74, 6) is 0. The highest BCUT2D eigenvalue weighted by molar-refractivity contribution is 6.18. The van der Waals surface area contributed by atoms with Gasteiger partial charge >= 0.3 is 7.69 Å². The minimum atomic E-state index is 0.0742. The Bertz CT molecular complexity index is 441. The van der Waals surface area contributed by atoms with E-state index in [-0.39, 0.29) is 12.2 Å². The fraction of sp³-hybridized carbons (Fsp3) is 0.200. The molecule has 2 aromatic rings. The Morgan fingerprint density at radius 1 is 0.722 bits per heavy atom. The van der Waals surface area contributed by atoms with Gasteiger partial charge in [-0.25, -0.2) is 0 Å². The average Bonchev–Trinajstić information content (AvgIpc) is 2.49. The third kappa shape index (κ3) is 2.47. The molecule has 0 bridgehead atoms. The van der Waals surface area contributed by atoms with Crippen molar-refractivity contribution in [1.29, 1.82) is 0 Å². The molecule has 0 spiro atoms. The van der Waals surface area contributed by atoms with E-state index in [0.717, 1.165) is 6.42 Å². The maximum absolute atomic E-state index is 5.57. The second-order valence-corrected chi connectivity index (χ2v) is 4.40. The second-order valence-electron chi connectivity index (χ2n) is 4.40. The molecule has 2 atom stereocenters. The van der Waals surface area contributed by atoms with E-state index in [2.05, 4.69) is 24.3 Å². The molecule has 0 aliphatic carbocycles. The molecule has 0 N–H and O–H groups in total. The fourth-order valence-corrected chi connectivity index (χ4v) is 2.24. The molecule has 0 saturated carbocycles. The highest BCUT2D eigenvalue weighted by Crippen LogP contribution is 2.34. The molecule has 0 aromatic heterocycles. The zero-order valence-electron chi connectivity index (χ0n) is 10.0. The fourth-order valence-electron chi connectivity index (χ4n) is 2.24. The molecule has 1 fully saturated rings. The Morgan fingerprint density at radius 2 is 1.17 bits per heavy atom. The summed E-state index contributed by atoms with van der Waals surface area (Å²) in [6.45, 7) is 0. The van der Waals surface area contributed by atoms with Gasteiger partial charge in [-0.2, -0.15) is 0 Å². The summed E-state index contributed by atoms with van der Waals surface area (Å²) in [4.78, 5) is 0. The van der Waals surface area contributed by atoms with Crippen LogP contribution in [0.5, 0.6) is 0 Å². The van der Waals surface area contributed by atoms with Gasteiger partial charge in [0.1, 0.15) is 0 Å². The minimum Gasteiger partial charge on any atom is -0.406 e. The molecule has 1 aliphatic rings. The summed E-state index contributed by atoms with van der Waals surface area (Å²) < 4.78 is 11.1. The molecular weight excluding hydrogens is 223 g/mol. The smallest absolute Gasteiger partial charge is 0.406 e. The molecule has 0 amide bonds. The second kappa shape index (κ2) is 5.38. The van der Waals surface area contributed by atoms with Crippen molar-refractivity contribution in [3.05, 3.63) is 71.8 Å². The van der Waals surface area contributed by atoms with Crippen LogP contribution in [0.2, 0.25) is 0 Å². The summed E-state index contributed by atoms with van der Waals surface area (Å²) in [6, 6.07) is 20.5.